The molecule has 1 aliphatic carbocycles. The molecule has 0 radical (unpaired) electrons. The van der Waals surface area contributed by atoms with Gasteiger partial charge in [0, 0.05) is 0 Å². The van der Waals surface area contributed by atoms with E-state index in [4.69, 9.17) is 9.79 Å². The Hall–Kier alpha value is -0.570. The van der Waals surface area contributed by atoms with Gasteiger partial charge in [-0.1, -0.05) is 47.6 Å². The minimum atomic E-state index is -4.47. The average molecular weight is 302 g/mol. The summed E-state index contributed by atoms with van der Waals surface area (Å²) in [6, 6.07) is 0. The molecule has 0 saturated heterocycles. The van der Waals surface area contributed by atoms with E-state index in [-0.39, 0.29) is 22.0 Å². The monoisotopic (exact) mass is 302 g/mol. The van der Waals surface area contributed by atoms with Crippen LogP contribution in [0.2, 0.25) is 0 Å². The predicted octanol–water partition coefficient (Wildman–Crippen LogP) is 4.41. The van der Waals surface area contributed by atoms with Crippen molar-refractivity contribution < 1.29 is 18.9 Å². The number of allylic oxidation sites excluding steroid dienone is 3. The fourth-order valence-electron chi connectivity index (χ4n) is 2.95. The van der Waals surface area contributed by atoms with Gasteiger partial charge in [0.05, 0.1) is 0 Å². The van der Waals surface area contributed by atoms with Gasteiger partial charge >= 0.3 is 7.82 Å². The van der Waals surface area contributed by atoms with Crippen LogP contribution in [0, 0.1) is 16.2 Å². The van der Waals surface area contributed by atoms with E-state index in [0.717, 1.165) is 6.42 Å². The summed E-state index contributed by atoms with van der Waals surface area (Å²) >= 11 is 0. The van der Waals surface area contributed by atoms with Crippen LogP contribution in [-0.2, 0) is 9.09 Å². The van der Waals surface area contributed by atoms with Crippen molar-refractivity contribution in [2.24, 2.45) is 16.2 Å². The molecule has 1 aliphatic rings. The molecular weight excluding hydrogens is 275 g/mol. The van der Waals surface area contributed by atoms with Gasteiger partial charge in [0.1, 0.15) is 5.76 Å². The van der Waals surface area contributed by atoms with Crippen molar-refractivity contribution in [2.75, 3.05) is 0 Å². The van der Waals surface area contributed by atoms with E-state index in [0.29, 0.717) is 6.42 Å². The van der Waals surface area contributed by atoms with Crippen LogP contribution in [0.15, 0.2) is 24.0 Å². The zero-order chi connectivity index (χ0) is 15.8. The van der Waals surface area contributed by atoms with E-state index < -0.39 is 7.82 Å². The van der Waals surface area contributed by atoms with E-state index in [1.807, 2.05) is 6.08 Å². The molecule has 0 saturated carbocycles. The first-order valence-electron chi connectivity index (χ1n) is 6.89. The molecule has 116 valence electrons. The Balaban J connectivity index is 2.86. The van der Waals surface area contributed by atoms with E-state index >= 15 is 0 Å². The van der Waals surface area contributed by atoms with Gasteiger partial charge in [-0.05, 0) is 41.2 Å². The lowest BCUT2D eigenvalue weighted by Gasteiger charge is -2.46. The molecule has 0 heterocycles. The Morgan fingerprint density at radius 2 is 1.85 bits per heavy atom. The average Bonchev–Trinajstić information content (AvgIpc) is 2.15. The summed E-state index contributed by atoms with van der Waals surface area (Å²) in [7, 11) is -4.47. The van der Waals surface area contributed by atoms with Gasteiger partial charge in [0.2, 0.25) is 0 Å². The molecule has 0 bridgehead atoms. The first-order chi connectivity index (χ1) is 8.74. The molecule has 2 N–H and O–H groups in total. The molecule has 20 heavy (non-hydrogen) atoms. The summed E-state index contributed by atoms with van der Waals surface area (Å²) in [5, 5.41) is 0. The van der Waals surface area contributed by atoms with E-state index in [2.05, 4.69) is 46.1 Å². The summed E-state index contributed by atoms with van der Waals surface area (Å²) in [6.07, 6.45) is 7.23. The third-order valence-electron chi connectivity index (χ3n) is 4.09. The van der Waals surface area contributed by atoms with Crippen molar-refractivity contribution >= 4 is 7.82 Å². The first-order valence-corrected chi connectivity index (χ1v) is 8.42. The highest BCUT2D eigenvalue weighted by Gasteiger charge is 2.41. The van der Waals surface area contributed by atoms with Crippen molar-refractivity contribution in [3.8, 4) is 0 Å². The minimum absolute atomic E-state index is 0.0535. The number of rotatable bonds is 4. The maximum Gasteiger partial charge on any atom is 0.524 e. The molecule has 0 amide bonds. The van der Waals surface area contributed by atoms with Crippen LogP contribution in [0.4, 0.5) is 0 Å². The molecule has 0 aromatic carbocycles. The molecule has 1 unspecified atom stereocenters. The summed E-state index contributed by atoms with van der Waals surface area (Å²) in [4.78, 5) is 17.7. The van der Waals surface area contributed by atoms with E-state index in [1.165, 1.54) is 0 Å². The third-order valence-corrected chi connectivity index (χ3v) is 4.53. The molecule has 0 fully saturated rings. The molecule has 1 rings (SSSR count). The standard InChI is InChI=1S/C15H27O4P/c1-13(2,3)11-14(4,5)15(6)9-7-12(8-10-15)19-20(16,17)18/h7-9H,10-11H2,1-6H3,(H2,16,17,18). The van der Waals surface area contributed by atoms with Crippen LogP contribution in [0.1, 0.15) is 54.4 Å². The smallest absolute Gasteiger partial charge is 0.405 e. The minimum Gasteiger partial charge on any atom is -0.405 e. The zero-order valence-corrected chi connectivity index (χ0v) is 14.2. The van der Waals surface area contributed by atoms with Crippen molar-refractivity contribution in [3.63, 3.8) is 0 Å². The van der Waals surface area contributed by atoms with Crippen LogP contribution in [0.3, 0.4) is 0 Å². The van der Waals surface area contributed by atoms with Gasteiger partial charge in [-0.3, -0.25) is 9.79 Å². The summed E-state index contributed by atoms with van der Waals surface area (Å²) in [6.45, 7) is 13.3. The van der Waals surface area contributed by atoms with Crippen LogP contribution in [0.5, 0.6) is 0 Å². The fourth-order valence-corrected chi connectivity index (χ4v) is 3.36. The molecule has 0 aromatic heterocycles. The second-order valence-electron chi connectivity index (χ2n) is 7.76. The zero-order valence-electron chi connectivity index (χ0n) is 13.3. The van der Waals surface area contributed by atoms with Crippen LogP contribution in [0.25, 0.3) is 0 Å². The number of phosphoric ester groups is 1. The van der Waals surface area contributed by atoms with Gasteiger partial charge in [-0.2, -0.15) is 0 Å². The lowest BCUT2D eigenvalue weighted by molar-refractivity contribution is 0.0825. The van der Waals surface area contributed by atoms with Gasteiger partial charge in [-0.25, -0.2) is 4.57 Å². The Labute approximate surface area is 122 Å². The quantitative estimate of drug-likeness (QED) is 0.755. The molecule has 0 spiro atoms. The van der Waals surface area contributed by atoms with Crippen LogP contribution in [-0.4, -0.2) is 9.79 Å². The molecule has 1 atom stereocenters. The highest BCUT2D eigenvalue weighted by Crippen LogP contribution is 2.52. The lowest BCUT2D eigenvalue weighted by Crippen LogP contribution is -2.37. The molecule has 5 heteroatoms. The number of hydrogen-bond acceptors (Lipinski definition) is 2. The van der Waals surface area contributed by atoms with E-state index in [9.17, 15) is 4.57 Å². The normalized spacial score (nSPS) is 24.5. The van der Waals surface area contributed by atoms with Crippen molar-refractivity contribution in [3.05, 3.63) is 24.0 Å². The Kier molecular flexibility index (Phi) is 4.65. The maximum atomic E-state index is 10.8. The second-order valence-corrected chi connectivity index (χ2v) is 8.93. The Bertz CT molecular complexity index is 465. The fraction of sp³-hybridized carbons (Fsp3) is 0.733. The third kappa shape index (κ3) is 4.76. The SMILES string of the molecule is CC(C)(C)CC(C)(C)C1(C)C=CC(OP(=O)(O)O)=CC1. The van der Waals surface area contributed by atoms with Gasteiger partial charge in [-0.15, -0.1) is 0 Å². The highest BCUT2D eigenvalue weighted by atomic mass is 31.2. The van der Waals surface area contributed by atoms with Gasteiger partial charge in [0.25, 0.3) is 0 Å². The number of hydrogen-bond donors (Lipinski definition) is 2. The predicted molar refractivity (Wildman–Crippen MR) is 80.9 cm³/mol. The highest BCUT2D eigenvalue weighted by molar-refractivity contribution is 7.46. The summed E-state index contributed by atoms with van der Waals surface area (Å²) in [5.74, 6) is 0.252. The van der Waals surface area contributed by atoms with Crippen molar-refractivity contribution in [2.45, 2.75) is 54.4 Å². The van der Waals surface area contributed by atoms with Crippen molar-refractivity contribution in [1.29, 1.82) is 0 Å². The second kappa shape index (κ2) is 5.32. The lowest BCUT2D eigenvalue weighted by atomic mass is 9.58. The summed E-state index contributed by atoms with van der Waals surface area (Å²) < 4.78 is 15.5. The Morgan fingerprint density at radius 1 is 1.30 bits per heavy atom. The summed E-state index contributed by atoms with van der Waals surface area (Å²) in [5.41, 5.74) is 0.251. The molecule has 4 nitrogen and oxygen atoms in total. The van der Waals surface area contributed by atoms with Crippen LogP contribution < -0.4 is 0 Å². The van der Waals surface area contributed by atoms with E-state index in [1.54, 1.807) is 12.2 Å². The molecule has 0 aliphatic heterocycles. The topological polar surface area (TPSA) is 66.8 Å². The Morgan fingerprint density at radius 3 is 2.20 bits per heavy atom. The molecule has 0 aromatic rings. The van der Waals surface area contributed by atoms with Crippen molar-refractivity contribution in [1.82, 2.24) is 0 Å². The van der Waals surface area contributed by atoms with Gasteiger partial charge in [0.15, 0.2) is 0 Å². The maximum absolute atomic E-state index is 10.8. The number of phosphoric acid groups is 1. The largest absolute Gasteiger partial charge is 0.524 e. The first kappa shape index (κ1) is 17.5. The van der Waals surface area contributed by atoms with Crippen LogP contribution >= 0.6 is 7.82 Å². The molecular formula is C15H27O4P. The van der Waals surface area contributed by atoms with Gasteiger partial charge < -0.3 is 4.52 Å².